The monoisotopic (exact) mass is 256 g/mol. The largest absolute Gasteiger partial charge is 0.478 e. The number of aromatic carboxylic acids is 1. The summed E-state index contributed by atoms with van der Waals surface area (Å²) in [6.07, 6.45) is 3.29. The van der Waals surface area contributed by atoms with Gasteiger partial charge in [-0.05, 0) is 31.2 Å². The molecule has 0 radical (unpaired) electrons. The molecular formula is C14H12N2O3. The second-order valence-corrected chi connectivity index (χ2v) is 4.39. The normalized spacial score (nSPS) is 11.0. The van der Waals surface area contributed by atoms with Gasteiger partial charge >= 0.3 is 5.97 Å². The highest BCUT2D eigenvalue weighted by Gasteiger charge is 2.11. The highest BCUT2D eigenvalue weighted by molar-refractivity contribution is 5.92. The summed E-state index contributed by atoms with van der Waals surface area (Å²) in [6, 6.07) is 6.83. The van der Waals surface area contributed by atoms with E-state index < -0.39 is 5.97 Å². The maximum Gasteiger partial charge on any atom is 0.335 e. The van der Waals surface area contributed by atoms with Gasteiger partial charge in [-0.2, -0.15) is 0 Å². The molecule has 5 nitrogen and oxygen atoms in total. The van der Waals surface area contributed by atoms with E-state index in [2.05, 4.69) is 4.98 Å². The predicted molar refractivity (Wildman–Crippen MR) is 69.2 cm³/mol. The number of carboxylic acids is 1. The molecule has 0 bridgehead atoms. The first-order valence-corrected chi connectivity index (χ1v) is 5.86. The SMILES string of the molecule is Cc1nc2ccc(C(=O)O)cc2n1Cc1ccoc1. The molecule has 0 aliphatic heterocycles. The standard InChI is InChI=1S/C14H12N2O3/c1-9-15-12-3-2-11(14(17)18)6-13(12)16(9)7-10-4-5-19-8-10/h2-6,8H,7H2,1H3,(H,17,18). The zero-order valence-corrected chi connectivity index (χ0v) is 10.3. The molecule has 0 unspecified atom stereocenters. The van der Waals surface area contributed by atoms with E-state index in [1.165, 1.54) is 0 Å². The Hall–Kier alpha value is -2.56. The second kappa shape index (κ2) is 4.28. The van der Waals surface area contributed by atoms with Crippen LogP contribution in [0.15, 0.2) is 41.2 Å². The smallest absolute Gasteiger partial charge is 0.335 e. The summed E-state index contributed by atoms with van der Waals surface area (Å²) in [6.45, 7) is 2.52. The van der Waals surface area contributed by atoms with Gasteiger partial charge in [0.25, 0.3) is 0 Å². The topological polar surface area (TPSA) is 68.3 Å². The van der Waals surface area contributed by atoms with Crippen LogP contribution in [0.5, 0.6) is 0 Å². The minimum Gasteiger partial charge on any atom is -0.478 e. The molecule has 0 fully saturated rings. The van der Waals surface area contributed by atoms with E-state index in [1.807, 2.05) is 17.6 Å². The molecule has 0 amide bonds. The number of nitrogens with zero attached hydrogens (tertiary/aromatic N) is 2. The lowest BCUT2D eigenvalue weighted by atomic mass is 10.2. The predicted octanol–water partition coefficient (Wildman–Crippen LogP) is 2.68. The fourth-order valence-electron chi connectivity index (χ4n) is 2.14. The minimum absolute atomic E-state index is 0.265. The number of hydrogen-bond acceptors (Lipinski definition) is 3. The van der Waals surface area contributed by atoms with Gasteiger partial charge in [0.2, 0.25) is 0 Å². The molecule has 1 N–H and O–H groups in total. The number of aromatic nitrogens is 2. The number of carboxylic acid groups (broad SMARTS) is 1. The first kappa shape index (κ1) is 11.5. The Morgan fingerprint density at radius 2 is 2.26 bits per heavy atom. The summed E-state index contributed by atoms with van der Waals surface area (Å²) < 4.78 is 7.03. The first-order valence-electron chi connectivity index (χ1n) is 5.86. The van der Waals surface area contributed by atoms with E-state index >= 15 is 0 Å². The number of imidazole rings is 1. The van der Waals surface area contributed by atoms with Crippen LogP contribution in [-0.2, 0) is 6.54 Å². The van der Waals surface area contributed by atoms with Crippen molar-refractivity contribution in [3.05, 3.63) is 53.7 Å². The Balaban J connectivity index is 2.14. The van der Waals surface area contributed by atoms with Crippen LogP contribution in [0.3, 0.4) is 0 Å². The van der Waals surface area contributed by atoms with Gasteiger partial charge in [0.05, 0.1) is 35.7 Å². The molecule has 0 saturated carbocycles. The van der Waals surface area contributed by atoms with Crippen molar-refractivity contribution in [1.82, 2.24) is 9.55 Å². The Morgan fingerprint density at radius 3 is 2.95 bits per heavy atom. The molecule has 3 rings (SSSR count). The summed E-state index contributed by atoms with van der Waals surface area (Å²) in [5.41, 5.74) is 2.90. The van der Waals surface area contributed by atoms with Crippen molar-refractivity contribution in [2.24, 2.45) is 0 Å². The maximum absolute atomic E-state index is 11.0. The summed E-state index contributed by atoms with van der Waals surface area (Å²) in [5.74, 6) is -0.0886. The van der Waals surface area contributed by atoms with Gasteiger partial charge in [-0.25, -0.2) is 9.78 Å². The first-order chi connectivity index (χ1) is 9.15. The molecule has 1 aromatic carbocycles. The van der Waals surface area contributed by atoms with E-state index in [4.69, 9.17) is 9.52 Å². The number of furan rings is 1. The summed E-state index contributed by atoms with van der Waals surface area (Å²) >= 11 is 0. The zero-order chi connectivity index (χ0) is 13.4. The van der Waals surface area contributed by atoms with Crippen LogP contribution in [0.25, 0.3) is 11.0 Å². The molecular weight excluding hydrogens is 244 g/mol. The summed E-state index contributed by atoms with van der Waals surface area (Å²) in [5, 5.41) is 9.05. The lowest BCUT2D eigenvalue weighted by molar-refractivity contribution is 0.0697. The molecule has 0 aliphatic carbocycles. The highest BCUT2D eigenvalue weighted by atomic mass is 16.4. The fourth-order valence-corrected chi connectivity index (χ4v) is 2.14. The van der Waals surface area contributed by atoms with Crippen LogP contribution >= 0.6 is 0 Å². The van der Waals surface area contributed by atoms with Gasteiger partial charge in [-0.1, -0.05) is 0 Å². The van der Waals surface area contributed by atoms with Gasteiger partial charge in [-0.15, -0.1) is 0 Å². The molecule has 2 heterocycles. The Kier molecular flexibility index (Phi) is 2.59. The minimum atomic E-state index is -0.935. The number of benzene rings is 1. The molecule has 0 atom stereocenters. The summed E-state index contributed by atoms with van der Waals surface area (Å²) in [4.78, 5) is 15.5. The van der Waals surface area contributed by atoms with Crippen molar-refractivity contribution in [3.8, 4) is 0 Å². The zero-order valence-electron chi connectivity index (χ0n) is 10.3. The van der Waals surface area contributed by atoms with Gasteiger partial charge in [0.15, 0.2) is 0 Å². The number of hydrogen-bond donors (Lipinski definition) is 1. The van der Waals surface area contributed by atoms with E-state index in [9.17, 15) is 4.79 Å². The third-order valence-corrected chi connectivity index (χ3v) is 3.11. The molecule has 5 heteroatoms. The average molecular weight is 256 g/mol. The quantitative estimate of drug-likeness (QED) is 0.782. The fraction of sp³-hybridized carbons (Fsp3) is 0.143. The van der Waals surface area contributed by atoms with Gasteiger partial charge in [0, 0.05) is 5.56 Å². The highest BCUT2D eigenvalue weighted by Crippen LogP contribution is 2.19. The van der Waals surface area contributed by atoms with Crippen LogP contribution in [0.1, 0.15) is 21.7 Å². The van der Waals surface area contributed by atoms with Gasteiger partial charge < -0.3 is 14.1 Å². The van der Waals surface area contributed by atoms with Crippen LogP contribution < -0.4 is 0 Å². The van der Waals surface area contributed by atoms with Crippen LogP contribution in [0.2, 0.25) is 0 Å². The Morgan fingerprint density at radius 1 is 1.42 bits per heavy atom. The van der Waals surface area contributed by atoms with Crippen molar-refractivity contribution in [3.63, 3.8) is 0 Å². The molecule has 0 spiro atoms. The van der Waals surface area contributed by atoms with Crippen LogP contribution in [0.4, 0.5) is 0 Å². The number of fused-ring (bicyclic) bond motifs is 1. The third-order valence-electron chi connectivity index (χ3n) is 3.11. The van der Waals surface area contributed by atoms with E-state index in [0.717, 1.165) is 22.4 Å². The summed E-state index contributed by atoms with van der Waals surface area (Å²) in [7, 11) is 0. The molecule has 0 saturated heterocycles. The lowest BCUT2D eigenvalue weighted by Crippen LogP contribution is -2.02. The van der Waals surface area contributed by atoms with Crippen molar-refractivity contribution in [2.45, 2.75) is 13.5 Å². The second-order valence-electron chi connectivity index (χ2n) is 4.39. The number of aryl methyl sites for hydroxylation is 1. The number of rotatable bonds is 3. The molecule has 19 heavy (non-hydrogen) atoms. The van der Waals surface area contributed by atoms with Crippen molar-refractivity contribution < 1.29 is 14.3 Å². The molecule has 96 valence electrons. The van der Waals surface area contributed by atoms with E-state index in [1.54, 1.807) is 30.7 Å². The molecule has 0 aliphatic rings. The van der Waals surface area contributed by atoms with E-state index in [0.29, 0.717) is 6.54 Å². The van der Waals surface area contributed by atoms with Gasteiger partial charge in [0.1, 0.15) is 5.82 Å². The lowest BCUT2D eigenvalue weighted by Gasteiger charge is -2.05. The Bertz CT molecular complexity index is 741. The maximum atomic E-state index is 11.0. The van der Waals surface area contributed by atoms with Crippen molar-refractivity contribution in [1.29, 1.82) is 0 Å². The molecule has 3 aromatic rings. The van der Waals surface area contributed by atoms with Gasteiger partial charge in [-0.3, -0.25) is 0 Å². The van der Waals surface area contributed by atoms with Crippen molar-refractivity contribution in [2.75, 3.05) is 0 Å². The third kappa shape index (κ3) is 1.99. The van der Waals surface area contributed by atoms with Crippen molar-refractivity contribution >= 4 is 17.0 Å². The Labute approximate surface area is 109 Å². The van der Waals surface area contributed by atoms with E-state index in [-0.39, 0.29) is 5.56 Å². The number of carbonyl (C=O) groups is 1. The van der Waals surface area contributed by atoms with Crippen LogP contribution in [-0.4, -0.2) is 20.6 Å². The molecule has 2 aromatic heterocycles. The van der Waals surface area contributed by atoms with Crippen LogP contribution in [0, 0.1) is 6.92 Å². The average Bonchev–Trinajstić information content (AvgIpc) is 2.98.